The number of hydrogen-bond acceptors (Lipinski definition) is 3. The summed E-state index contributed by atoms with van der Waals surface area (Å²) < 4.78 is 15.2. The second-order valence-corrected chi connectivity index (χ2v) is 14.7. The van der Waals surface area contributed by atoms with Gasteiger partial charge in [0.25, 0.3) is 0 Å². The van der Waals surface area contributed by atoms with Crippen LogP contribution in [0.3, 0.4) is 0 Å². The molecular weight excluding hydrogens is 697 g/mol. The van der Waals surface area contributed by atoms with Crippen molar-refractivity contribution in [1.29, 1.82) is 0 Å². The molecule has 57 heavy (non-hydrogen) atoms. The van der Waals surface area contributed by atoms with Crippen LogP contribution in [0.4, 0.5) is 0 Å². The van der Waals surface area contributed by atoms with Crippen molar-refractivity contribution in [2.45, 2.75) is 0 Å². The molecule has 8 aromatic carbocycles. The van der Waals surface area contributed by atoms with Gasteiger partial charge in [0.1, 0.15) is 22.3 Å². The molecule has 12 rings (SSSR count). The number of pyridine rings is 1. The van der Waals surface area contributed by atoms with Gasteiger partial charge in [0.15, 0.2) is 0 Å². The minimum absolute atomic E-state index is 0.830. The zero-order valence-corrected chi connectivity index (χ0v) is 30.7. The Kier molecular flexibility index (Phi) is 6.89. The molecule has 0 spiro atoms. The van der Waals surface area contributed by atoms with Crippen molar-refractivity contribution in [3.8, 4) is 50.5 Å². The summed E-state index contributed by atoms with van der Waals surface area (Å²) in [7, 11) is 0. The van der Waals surface area contributed by atoms with E-state index in [1.807, 2.05) is 18.2 Å². The van der Waals surface area contributed by atoms with Crippen molar-refractivity contribution in [3.05, 3.63) is 194 Å². The molecule has 4 nitrogen and oxygen atoms in total. The fourth-order valence-corrected chi connectivity index (χ4v) is 8.72. The van der Waals surface area contributed by atoms with E-state index in [1.54, 1.807) is 0 Å². The number of hydrogen-bond donors (Lipinski definition) is 0. The highest BCUT2D eigenvalue weighted by Gasteiger charge is 2.19. The summed E-state index contributed by atoms with van der Waals surface area (Å²) in [5, 5.41) is 6.80. The van der Waals surface area contributed by atoms with Crippen LogP contribution in [0.5, 0.6) is 0 Å². The predicted molar refractivity (Wildman–Crippen MR) is 235 cm³/mol. The zero-order valence-electron chi connectivity index (χ0n) is 30.7. The molecule has 0 fully saturated rings. The molecule has 0 aliphatic carbocycles. The fraction of sp³-hybridized carbons (Fsp3) is 0. The predicted octanol–water partition coefficient (Wildman–Crippen LogP) is 14.6. The van der Waals surface area contributed by atoms with Gasteiger partial charge in [0.05, 0.1) is 22.4 Å². The van der Waals surface area contributed by atoms with Crippen LogP contribution in [-0.4, -0.2) is 9.55 Å². The van der Waals surface area contributed by atoms with Crippen LogP contribution in [0.25, 0.3) is 116 Å². The van der Waals surface area contributed by atoms with Crippen LogP contribution in [0.1, 0.15) is 0 Å². The van der Waals surface area contributed by atoms with Crippen LogP contribution in [0, 0.1) is 0 Å². The SMILES string of the molecule is c1ccc(-c2cc(-c3ccc4c(c3)oc3ccccc34)cc(-c3cccc4oc5ccc(-c6ccc7c8ccccc8n(-c8ccccc8)c7c6)cc5c34)n2)cc1. The van der Waals surface area contributed by atoms with Crippen LogP contribution in [0.2, 0.25) is 0 Å². The molecule has 0 saturated heterocycles. The minimum atomic E-state index is 0.830. The Balaban J connectivity index is 1.04. The average molecular weight is 729 g/mol. The first kappa shape index (κ1) is 31.6. The van der Waals surface area contributed by atoms with Crippen LogP contribution < -0.4 is 0 Å². The first-order chi connectivity index (χ1) is 28.2. The molecule has 4 heteroatoms. The van der Waals surface area contributed by atoms with Crippen LogP contribution >= 0.6 is 0 Å². The van der Waals surface area contributed by atoms with Gasteiger partial charge in [-0.2, -0.15) is 0 Å². The number of para-hydroxylation sites is 3. The van der Waals surface area contributed by atoms with Crippen molar-refractivity contribution in [3.63, 3.8) is 0 Å². The third kappa shape index (κ3) is 5.04. The van der Waals surface area contributed by atoms with Crippen molar-refractivity contribution in [2.24, 2.45) is 0 Å². The van der Waals surface area contributed by atoms with Gasteiger partial charge < -0.3 is 13.4 Å². The highest BCUT2D eigenvalue weighted by molar-refractivity contribution is 6.14. The average Bonchev–Trinajstić information content (AvgIpc) is 3.95. The quantitative estimate of drug-likeness (QED) is 0.177. The van der Waals surface area contributed by atoms with Crippen LogP contribution in [-0.2, 0) is 0 Å². The lowest BCUT2D eigenvalue weighted by Crippen LogP contribution is -1.93. The lowest BCUT2D eigenvalue weighted by molar-refractivity contribution is 0.668. The van der Waals surface area contributed by atoms with Gasteiger partial charge in [-0.25, -0.2) is 4.98 Å². The summed E-state index contributed by atoms with van der Waals surface area (Å²) in [4.78, 5) is 5.34. The van der Waals surface area contributed by atoms with E-state index in [4.69, 9.17) is 13.8 Å². The van der Waals surface area contributed by atoms with E-state index in [9.17, 15) is 0 Å². The number of nitrogens with zero attached hydrogens (tertiary/aromatic N) is 2. The summed E-state index contributed by atoms with van der Waals surface area (Å²) >= 11 is 0. The molecular formula is C53H32N2O2. The van der Waals surface area contributed by atoms with E-state index in [0.717, 1.165) is 94.3 Å². The first-order valence-corrected chi connectivity index (χ1v) is 19.3. The number of benzene rings is 8. The van der Waals surface area contributed by atoms with E-state index in [-0.39, 0.29) is 0 Å². The van der Waals surface area contributed by atoms with Gasteiger partial charge in [-0.3, -0.25) is 0 Å². The zero-order chi connectivity index (χ0) is 37.5. The van der Waals surface area contributed by atoms with E-state index < -0.39 is 0 Å². The monoisotopic (exact) mass is 728 g/mol. The Hall–Kier alpha value is -7.69. The van der Waals surface area contributed by atoms with E-state index >= 15 is 0 Å². The highest BCUT2D eigenvalue weighted by atomic mass is 16.3. The largest absolute Gasteiger partial charge is 0.456 e. The molecule has 266 valence electrons. The third-order valence-corrected chi connectivity index (χ3v) is 11.4. The Morgan fingerprint density at radius 1 is 0.333 bits per heavy atom. The van der Waals surface area contributed by atoms with Crippen LogP contribution in [0.15, 0.2) is 203 Å². The molecule has 0 unspecified atom stereocenters. The minimum Gasteiger partial charge on any atom is -0.456 e. The second-order valence-electron chi connectivity index (χ2n) is 14.7. The van der Waals surface area contributed by atoms with Gasteiger partial charge in [0.2, 0.25) is 0 Å². The van der Waals surface area contributed by atoms with Crippen molar-refractivity contribution < 1.29 is 8.83 Å². The molecule has 0 amide bonds. The standard InChI is InChI=1S/C53H32N2O2/c1-3-12-33(13-4-1)45-29-37(36-23-26-42-41-17-8-10-20-49(41)57-52(42)32-36)30-46(54-45)43-18-11-21-51-53(43)44-28-34(24-27-50(44)56-51)35-22-25-40-39-16-7-9-19-47(39)55(48(40)31-35)38-14-5-2-6-15-38/h1-32H. The summed E-state index contributed by atoms with van der Waals surface area (Å²) in [5.74, 6) is 0. The Morgan fingerprint density at radius 3 is 1.82 bits per heavy atom. The molecule has 12 aromatic rings. The summed E-state index contributed by atoms with van der Waals surface area (Å²) in [6.45, 7) is 0. The number of rotatable bonds is 5. The number of aromatic nitrogens is 2. The molecule has 0 aliphatic rings. The Bertz CT molecular complexity index is 3520. The maximum absolute atomic E-state index is 6.56. The number of furan rings is 2. The lowest BCUT2D eigenvalue weighted by atomic mass is 9.96. The third-order valence-electron chi connectivity index (χ3n) is 11.4. The Morgan fingerprint density at radius 2 is 0.947 bits per heavy atom. The molecule has 0 N–H and O–H groups in total. The summed E-state index contributed by atoms with van der Waals surface area (Å²) in [6, 6.07) is 68.4. The van der Waals surface area contributed by atoms with Crippen molar-refractivity contribution in [1.82, 2.24) is 9.55 Å². The molecule has 0 aliphatic heterocycles. The highest BCUT2D eigenvalue weighted by Crippen LogP contribution is 2.42. The first-order valence-electron chi connectivity index (χ1n) is 19.3. The maximum Gasteiger partial charge on any atom is 0.136 e. The molecule has 0 radical (unpaired) electrons. The smallest absolute Gasteiger partial charge is 0.136 e. The normalized spacial score (nSPS) is 11.9. The van der Waals surface area contributed by atoms with E-state index in [0.29, 0.717) is 0 Å². The topological polar surface area (TPSA) is 44.1 Å². The lowest BCUT2D eigenvalue weighted by Gasteiger charge is -2.11. The van der Waals surface area contributed by atoms with E-state index in [2.05, 4.69) is 180 Å². The second kappa shape index (κ2) is 12.4. The Labute approximate surface area is 327 Å². The molecule has 0 saturated carbocycles. The van der Waals surface area contributed by atoms with Gasteiger partial charge >= 0.3 is 0 Å². The molecule has 4 aromatic heterocycles. The number of fused-ring (bicyclic) bond motifs is 9. The van der Waals surface area contributed by atoms with Gasteiger partial charge in [0, 0.05) is 49.1 Å². The van der Waals surface area contributed by atoms with Gasteiger partial charge in [-0.05, 0) is 95.1 Å². The molecule has 0 atom stereocenters. The van der Waals surface area contributed by atoms with Crippen molar-refractivity contribution in [2.75, 3.05) is 0 Å². The van der Waals surface area contributed by atoms with Crippen molar-refractivity contribution >= 4 is 65.7 Å². The summed E-state index contributed by atoms with van der Waals surface area (Å²) in [5.41, 5.74) is 15.2. The van der Waals surface area contributed by atoms with Gasteiger partial charge in [-0.15, -0.1) is 0 Å². The molecule has 4 heterocycles. The molecule has 0 bridgehead atoms. The van der Waals surface area contributed by atoms with E-state index in [1.165, 1.54) is 21.8 Å². The maximum atomic E-state index is 6.56. The van der Waals surface area contributed by atoms with Gasteiger partial charge in [-0.1, -0.05) is 121 Å². The fourth-order valence-electron chi connectivity index (χ4n) is 8.72. The summed E-state index contributed by atoms with van der Waals surface area (Å²) in [6.07, 6.45) is 0.